The van der Waals surface area contributed by atoms with E-state index in [0.717, 1.165) is 36.2 Å². The van der Waals surface area contributed by atoms with E-state index in [9.17, 15) is 0 Å². The third-order valence-electron chi connectivity index (χ3n) is 6.80. The number of amidine groups is 1. The van der Waals surface area contributed by atoms with Gasteiger partial charge in [0.1, 0.15) is 0 Å². The third-order valence-corrected chi connectivity index (χ3v) is 6.80. The Bertz CT molecular complexity index is 722. The molecular formula is C31H52N2. The normalized spacial score (nSPS) is 14.7. The fourth-order valence-corrected chi connectivity index (χ4v) is 4.17. The summed E-state index contributed by atoms with van der Waals surface area (Å²) < 4.78 is 0. The molecule has 2 N–H and O–H groups in total. The van der Waals surface area contributed by atoms with Crippen LogP contribution in [0.2, 0.25) is 0 Å². The van der Waals surface area contributed by atoms with Crippen molar-refractivity contribution in [1.82, 2.24) is 0 Å². The molecule has 0 amide bonds. The lowest BCUT2D eigenvalue weighted by atomic mass is 10.0. The van der Waals surface area contributed by atoms with E-state index >= 15 is 0 Å². The van der Waals surface area contributed by atoms with Crippen LogP contribution in [0.5, 0.6) is 0 Å². The van der Waals surface area contributed by atoms with E-state index in [1.54, 1.807) is 0 Å². The number of allylic oxidation sites excluding steroid dienone is 3. The second kappa shape index (κ2) is 19.7. The van der Waals surface area contributed by atoms with Crippen LogP contribution in [0.3, 0.4) is 0 Å². The molecule has 186 valence electrons. The summed E-state index contributed by atoms with van der Waals surface area (Å²) in [5, 5.41) is 0. The molecule has 33 heavy (non-hydrogen) atoms. The predicted octanol–water partition coefficient (Wildman–Crippen LogP) is 9.53. The van der Waals surface area contributed by atoms with Crippen LogP contribution in [0, 0.1) is 0 Å². The first kappa shape index (κ1) is 29.3. The van der Waals surface area contributed by atoms with Gasteiger partial charge in [-0.2, -0.15) is 0 Å². The number of rotatable bonds is 18. The molecule has 0 spiro atoms. The van der Waals surface area contributed by atoms with Crippen LogP contribution >= 0.6 is 0 Å². The van der Waals surface area contributed by atoms with Gasteiger partial charge in [0.05, 0.1) is 12.4 Å². The Hall–Kier alpha value is -1.75. The van der Waals surface area contributed by atoms with Crippen molar-refractivity contribution in [2.45, 2.75) is 137 Å². The molecule has 0 unspecified atom stereocenters. The summed E-state index contributed by atoms with van der Waals surface area (Å²) >= 11 is 0. The van der Waals surface area contributed by atoms with Gasteiger partial charge in [-0.1, -0.05) is 96.8 Å². The highest BCUT2D eigenvalue weighted by Crippen LogP contribution is 2.16. The molecule has 1 rings (SSSR count). The second-order valence-corrected chi connectivity index (χ2v) is 9.89. The average molecular weight is 453 g/mol. The number of hydrogen-bond acceptors (Lipinski definition) is 1. The van der Waals surface area contributed by atoms with Crippen molar-refractivity contribution in [1.29, 1.82) is 0 Å². The molecule has 2 nitrogen and oxygen atoms in total. The molecule has 0 aromatic carbocycles. The molecule has 1 aliphatic carbocycles. The molecule has 0 aliphatic heterocycles. The van der Waals surface area contributed by atoms with Crippen LogP contribution in [0.15, 0.2) is 50.9 Å². The van der Waals surface area contributed by atoms with E-state index in [0.29, 0.717) is 6.54 Å². The zero-order valence-corrected chi connectivity index (χ0v) is 22.4. The third kappa shape index (κ3) is 15.7. The lowest BCUT2D eigenvalue weighted by Gasteiger charge is -2.06. The Morgan fingerprint density at radius 2 is 1.24 bits per heavy atom. The second-order valence-electron chi connectivity index (χ2n) is 9.89. The van der Waals surface area contributed by atoms with Gasteiger partial charge < -0.3 is 5.73 Å². The molecule has 0 radical (unpaired) electrons. The molecule has 0 aromatic rings. The lowest BCUT2D eigenvalue weighted by Crippen LogP contribution is -2.12. The van der Waals surface area contributed by atoms with Gasteiger partial charge in [-0.3, -0.25) is 4.99 Å². The summed E-state index contributed by atoms with van der Waals surface area (Å²) in [7, 11) is 0. The van der Waals surface area contributed by atoms with E-state index < -0.39 is 0 Å². The quantitative estimate of drug-likeness (QED) is 0.0955. The zero-order valence-electron chi connectivity index (χ0n) is 22.4. The Morgan fingerprint density at radius 1 is 0.758 bits per heavy atom. The minimum absolute atomic E-state index is 0.685. The molecule has 0 saturated heterocycles. The van der Waals surface area contributed by atoms with Crippen molar-refractivity contribution in [3.8, 4) is 0 Å². The van der Waals surface area contributed by atoms with Gasteiger partial charge in [0.25, 0.3) is 0 Å². The van der Waals surface area contributed by atoms with Crippen molar-refractivity contribution in [2.75, 3.05) is 6.54 Å². The molecular weight excluding hydrogens is 400 g/mol. The van der Waals surface area contributed by atoms with Crippen LogP contribution in [-0.2, 0) is 0 Å². The lowest BCUT2D eigenvalue weighted by molar-refractivity contribution is 0.533. The van der Waals surface area contributed by atoms with E-state index in [2.05, 4.69) is 56.3 Å². The van der Waals surface area contributed by atoms with Crippen molar-refractivity contribution in [3.05, 3.63) is 45.9 Å². The van der Waals surface area contributed by atoms with Gasteiger partial charge in [0.2, 0.25) is 0 Å². The van der Waals surface area contributed by atoms with Crippen LogP contribution in [0.1, 0.15) is 137 Å². The predicted molar refractivity (Wildman–Crippen MR) is 148 cm³/mol. The van der Waals surface area contributed by atoms with Gasteiger partial charge in [-0.05, 0) is 56.9 Å². The monoisotopic (exact) mass is 452 g/mol. The summed E-state index contributed by atoms with van der Waals surface area (Å²) in [5.74, 6) is 0.802. The van der Waals surface area contributed by atoms with Crippen molar-refractivity contribution in [3.63, 3.8) is 0 Å². The van der Waals surface area contributed by atoms with Crippen LogP contribution < -0.4 is 5.73 Å². The fourth-order valence-electron chi connectivity index (χ4n) is 4.17. The van der Waals surface area contributed by atoms with Gasteiger partial charge in [0.15, 0.2) is 0 Å². The minimum atomic E-state index is 0.685. The molecule has 0 bridgehead atoms. The first-order chi connectivity index (χ1) is 16.0. The first-order valence-electron chi connectivity index (χ1n) is 13.9. The highest BCUT2D eigenvalue weighted by Gasteiger charge is 2.02. The maximum Gasteiger partial charge on any atom is 0.0941 e. The number of aliphatic imine (C=N–C) groups is 1. The van der Waals surface area contributed by atoms with E-state index in [-0.39, 0.29) is 0 Å². The smallest absolute Gasteiger partial charge is 0.0941 e. The van der Waals surface area contributed by atoms with Crippen molar-refractivity contribution < 1.29 is 0 Å². The average Bonchev–Trinajstić information content (AvgIpc) is 2.86. The van der Waals surface area contributed by atoms with Gasteiger partial charge >= 0.3 is 0 Å². The Balaban J connectivity index is 2.08. The van der Waals surface area contributed by atoms with Gasteiger partial charge in [-0.25, -0.2) is 0 Å². The van der Waals surface area contributed by atoms with Crippen molar-refractivity contribution in [2.24, 2.45) is 10.7 Å². The minimum Gasteiger partial charge on any atom is -0.387 e. The maximum absolute atomic E-state index is 6.20. The van der Waals surface area contributed by atoms with E-state index in [4.69, 9.17) is 5.73 Å². The highest BCUT2D eigenvalue weighted by atomic mass is 14.8. The number of hydrogen-bond donors (Lipinski definition) is 1. The molecule has 0 saturated carbocycles. The number of nitrogens with two attached hydrogens (primary N) is 1. The molecule has 0 heterocycles. The zero-order chi connectivity index (χ0) is 24.2. The SMILES string of the molecule is CCCCCCCCCCCCCCCCCC(N)=NCC1=C(C)C=C=C(C)C(C)=C=CC1. The molecule has 2 heteroatoms. The number of unbranched alkanes of at least 4 members (excludes halogenated alkanes) is 14. The highest BCUT2D eigenvalue weighted by molar-refractivity contribution is 5.80. The Morgan fingerprint density at radius 3 is 1.79 bits per heavy atom. The van der Waals surface area contributed by atoms with Crippen LogP contribution in [-0.4, -0.2) is 12.4 Å². The first-order valence-corrected chi connectivity index (χ1v) is 13.9. The fraction of sp³-hybridized carbons (Fsp3) is 0.710. The largest absolute Gasteiger partial charge is 0.387 e. The molecule has 0 aromatic heterocycles. The topological polar surface area (TPSA) is 38.4 Å². The van der Waals surface area contributed by atoms with Crippen molar-refractivity contribution >= 4 is 5.84 Å². The van der Waals surface area contributed by atoms with E-state index in [1.165, 1.54) is 101 Å². The standard InChI is InChI=1S/C31H52N2/c1-5-6-7-8-9-10-11-12-13-14-15-16-17-18-19-23-31(32)33-26-30-22-20-21-27(2)28(3)24-25-29(30)4/h20,25H,5-19,22-23,26H2,1-4H3,(H2,32,33). The maximum atomic E-state index is 6.20. The van der Waals surface area contributed by atoms with Crippen LogP contribution in [0.4, 0.5) is 0 Å². The molecule has 1 aliphatic rings. The molecule has 0 fully saturated rings. The molecule has 0 atom stereocenters. The summed E-state index contributed by atoms with van der Waals surface area (Å²) in [6.07, 6.45) is 26.8. The Kier molecular flexibility index (Phi) is 17.5. The van der Waals surface area contributed by atoms with Crippen LogP contribution in [0.25, 0.3) is 0 Å². The summed E-state index contributed by atoms with van der Waals surface area (Å²) in [6.45, 7) is 9.28. The Labute approximate surface area is 205 Å². The van der Waals surface area contributed by atoms with Gasteiger partial charge in [0, 0.05) is 17.6 Å². The van der Waals surface area contributed by atoms with Gasteiger partial charge in [-0.15, -0.1) is 11.5 Å². The summed E-state index contributed by atoms with van der Waals surface area (Å²) in [6, 6.07) is 0. The number of nitrogens with zero attached hydrogens (tertiary/aromatic N) is 1. The summed E-state index contributed by atoms with van der Waals surface area (Å²) in [4.78, 5) is 4.67. The van der Waals surface area contributed by atoms with E-state index in [1.807, 2.05) is 0 Å². The summed E-state index contributed by atoms with van der Waals surface area (Å²) in [5.41, 5.74) is 17.8.